The van der Waals surface area contributed by atoms with Crippen LogP contribution >= 0.6 is 15.9 Å². The van der Waals surface area contributed by atoms with Crippen LogP contribution in [0.2, 0.25) is 0 Å². The van der Waals surface area contributed by atoms with Gasteiger partial charge in [0.25, 0.3) is 0 Å². The molecule has 1 aliphatic carbocycles. The van der Waals surface area contributed by atoms with Crippen LogP contribution in [0.1, 0.15) is 37.4 Å². The van der Waals surface area contributed by atoms with Crippen molar-refractivity contribution in [3.8, 4) is 0 Å². The number of hydrogen-bond donors (Lipinski definition) is 1. The fourth-order valence-electron chi connectivity index (χ4n) is 3.23. The molecule has 3 rings (SSSR count). The monoisotopic (exact) mass is 381 g/mol. The lowest BCUT2D eigenvalue weighted by Crippen LogP contribution is -2.47. The highest BCUT2D eigenvalue weighted by molar-refractivity contribution is 9.10. The number of carbonyl (C=O) groups excluding carboxylic acids is 1. The van der Waals surface area contributed by atoms with E-state index in [1.165, 1.54) is 0 Å². The van der Waals surface area contributed by atoms with Crippen molar-refractivity contribution in [2.24, 2.45) is 5.41 Å². The second kappa shape index (κ2) is 6.61. The van der Waals surface area contributed by atoms with Gasteiger partial charge < -0.3 is 14.7 Å². The van der Waals surface area contributed by atoms with Crippen molar-refractivity contribution >= 4 is 27.8 Å². The summed E-state index contributed by atoms with van der Waals surface area (Å²) in [4.78, 5) is 25.7. The van der Waals surface area contributed by atoms with E-state index in [2.05, 4.69) is 15.9 Å². The number of ether oxygens (including phenoxy) is 1. The lowest BCUT2D eigenvalue weighted by Gasteiger charge is -2.40. The summed E-state index contributed by atoms with van der Waals surface area (Å²) in [5.74, 6) is -0.910. The number of amides is 1. The summed E-state index contributed by atoms with van der Waals surface area (Å²) < 4.78 is 6.78. The van der Waals surface area contributed by atoms with E-state index in [1.807, 2.05) is 24.3 Å². The first kappa shape index (κ1) is 16.5. The topological polar surface area (TPSA) is 66.8 Å². The van der Waals surface area contributed by atoms with Gasteiger partial charge in [-0.2, -0.15) is 0 Å². The van der Waals surface area contributed by atoms with Crippen LogP contribution in [0.3, 0.4) is 0 Å². The lowest BCUT2D eigenvalue weighted by molar-refractivity contribution is -0.161. The highest BCUT2D eigenvalue weighted by atomic mass is 79.9. The quantitative estimate of drug-likeness (QED) is 0.870. The van der Waals surface area contributed by atoms with Crippen LogP contribution in [0.4, 0.5) is 0 Å². The van der Waals surface area contributed by atoms with Gasteiger partial charge in [-0.05, 0) is 30.5 Å². The van der Waals surface area contributed by atoms with Gasteiger partial charge in [-0.3, -0.25) is 9.59 Å². The van der Waals surface area contributed by atoms with Crippen molar-refractivity contribution in [3.63, 3.8) is 0 Å². The van der Waals surface area contributed by atoms with Crippen LogP contribution in [-0.4, -0.2) is 41.6 Å². The van der Waals surface area contributed by atoms with Gasteiger partial charge in [0.1, 0.15) is 6.10 Å². The average molecular weight is 382 g/mol. The maximum atomic E-state index is 12.5. The normalized spacial score (nSPS) is 23.2. The van der Waals surface area contributed by atoms with Crippen LogP contribution < -0.4 is 0 Å². The van der Waals surface area contributed by atoms with Gasteiger partial charge in [0.05, 0.1) is 18.6 Å². The molecule has 124 valence electrons. The molecule has 1 aromatic carbocycles. The average Bonchev–Trinajstić information content (AvgIpc) is 2.51. The highest BCUT2D eigenvalue weighted by Gasteiger charge is 2.46. The van der Waals surface area contributed by atoms with E-state index in [9.17, 15) is 14.7 Å². The van der Waals surface area contributed by atoms with Crippen molar-refractivity contribution in [3.05, 3.63) is 34.3 Å². The minimum absolute atomic E-state index is 0.0717. The van der Waals surface area contributed by atoms with Gasteiger partial charge in [-0.25, -0.2) is 0 Å². The van der Waals surface area contributed by atoms with Crippen molar-refractivity contribution in [2.45, 2.75) is 31.8 Å². The Hall–Kier alpha value is -1.40. The minimum Gasteiger partial charge on any atom is -0.481 e. The summed E-state index contributed by atoms with van der Waals surface area (Å²) in [6.45, 7) is 1.49. The predicted molar refractivity (Wildman–Crippen MR) is 88.0 cm³/mol. The number of carboxylic acid groups (broad SMARTS) is 1. The molecule has 1 unspecified atom stereocenters. The molecule has 23 heavy (non-hydrogen) atoms. The molecule has 1 saturated heterocycles. The van der Waals surface area contributed by atoms with E-state index in [-0.39, 0.29) is 18.4 Å². The third-order valence-corrected chi connectivity index (χ3v) is 5.44. The van der Waals surface area contributed by atoms with Crippen LogP contribution in [0.5, 0.6) is 0 Å². The third kappa shape index (κ3) is 3.43. The number of carboxylic acids is 1. The Kier molecular flexibility index (Phi) is 4.73. The molecule has 6 heteroatoms. The molecule has 1 aromatic rings. The van der Waals surface area contributed by atoms with Crippen molar-refractivity contribution in [1.82, 2.24) is 4.90 Å². The molecule has 1 aliphatic heterocycles. The number of rotatable bonds is 4. The zero-order valence-electron chi connectivity index (χ0n) is 12.8. The smallest absolute Gasteiger partial charge is 0.310 e. The fourth-order valence-corrected chi connectivity index (χ4v) is 3.49. The number of aliphatic carboxylic acids is 1. The predicted octanol–water partition coefficient (Wildman–Crippen LogP) is 2.99. The fraction of sp³-hybridized carbons (Fsp3) is 0.529. The molecule has 0 spiro atoms. The van der Waals surface area contributed by atoms with Crippen LogP contribution in [-0.2, 0) is 14.3 Å². The number of carbonyl (C=O) groups is 2. The maximum Gasteiger partial charge on any atom is 0.310 e. The molecule has 1 heterocycles. The van der Waals surface area contributed by atoms with E-state index >= 15 is 0 Å². The second-order valence-electron chi connectivity index (χ2n) is 6.37. The molecular weight excluding hydrogens is 362 g/mol. The first-order valence-electron chi connectivity index (χ1n) is 7.88. The lowest BCUT2D eigenvalue weighted by atomic mass is 9.66. The molecule has 2 aliphatic rings. The summed E-state index contributed by atoms with van der Waals surface area (Å²) in [7, 11) is 0. The zero-order chi connectivity index (χ0) is 16.4. The number of nitrogens with zero attached hydrogens (tertiary/aromatic N) is 1. The number of halogens is 1. The van der Waals surface area contributed by atoms with Crippen molar-refractivity contribution < 1.29 is 19.4 Å². The van der Waals surface area contributed by atoms with Gasteiger partial charge in [0.2, 0.25) is 5.91 Å². The Bertz CT molecular complexity index is 597. The van der Waals surface area contributed by atoms with E-state index in [1.54, 1.807) is 4.90 Å². The Balaban J connectivity index is 1.65. The number of hydrogen-bond acceptors (Lipinski definition) is 3. The number of morpholine rings is 1. The van der Waals surface area contributed by atoms with Crippen LogP contribution in [0, 0.1) is 5.41 Å². The summed E-state index contributed by atoms with van der Waals surface area (Å²) in [6, 6.07) is 7.86. The first-order valence-corrected chi connectivity index (χ1v) is 8.68. The van der Waals surface area contributed by atoms with Crippen LogP contribution in [0.25, 0.3) is 0 Å². The SMILES string of the molecule is O=C(CC1(C(=O)O)CCC1)N1CCOC(c2ccc(Br)cc2)C1. The zero-order valence-corrected chi connectivity index (χ0v) is 14.4. The summed E-state index contributed by atoms with van der Waals surface area (Å²) in [6.07, 6.45) is 2.06. The van der Waals surface area contributed by atoms with Gasteiger partial charge in [0, 0.05) is 17.4 Å². The molecule has 0 aromatic heterocycles. The Morgan fingerprint density at radius 3 is 2.57 bits per heavy atom. The minimum atomic E-state index is -0.838. The Morgan fingerprint density at radius 2 is 2.00 bits per heavy atom. The molecule has 1 atom stereocenters. The Morgan fingerprint density at radius 1 is 1.30 bits per heavy atom. The molecule has 1 amide bonds. The molecular formula is C17H20BrNO4. The van der Waals surface area contributed by atoms with E-state index < -0.39 is 11.4 Å². The highest BCUT2D eigenvalue weighted by Crippen LogP contribution is 2.44. The third-order valence-electron chi connectivity index (χ3n) is 4.91. The number of benzene rings is 1. The summed E-state index contributed by atoms with van der Waals surface area (Å²) in [5.41, 5.74) is 0.199. The molecule has 0 radical (unpaired) electrons. The summed E-state index contributed by atoms with van der Waals surface area (Å²) in [5, 5.41) is 9.39. The van der Waals surface area contributed by atoms with E-state index in [0.29, 0.717) is 32.5 Å². The van der Waals surface area contributed by atoms with Gasteiger partial charge in [-0.15, -0.1) is 0 Å². The van der Waals surface area contributed by atoms with Crippen molar-refractivity contribution in [1.29, 1.82) is 0 Å². The van der Waals surface area contributed by atoms with Gasteiger partial charge in [0.15, 0.2) is 0 Å². The molecule has 1 N–H and O–H groups in total. The van der Waals surface area contributed by atoms with Gasteiger partial charge >= 0.3 is 5.97 Å². The molecule has 2 fully saturated rings. The van der Waals surface area contributed by atoms with Crippen molar-refractivity contribution in [2.75, 3.05) is 19.7 Å². The Labute approximate surface area is 143 Å². The summed E-state index contributed by atoms with van der Waals surface area (Å²) >= 11 is 3.40. The second-order valence-corrected chi connectivity index (χ2v) is 7.28. The molecule has 1 saturated carbocycles. The van der Waals surface area contributed by atoms with E-state index in [0.717, 1.165) is 16.5 Å². The molecule has 5 nitrogen and oxygen atoms in total. The largest absolute Gasteiger partial charge is 0.481 e. The van der Waals surface area contributed by atoms with E-state index in [4.69, 9.17) is 4.74 Å². The standard InChI is InChI=1S/C17H20BrNO4/c18-13-4-2-12(3-5-13)14-11-19(8-9-23-14)15(20)10-17(16(21)22)6-1-7-17/h2-5,14H,1,6-11H2,(H,21,22). The maximum absolute atomic E-state index is 12.5. The first-order chi connectivity index (χ1) is 11.0. The van der Waals surface area contributed by atoms with Gasteiger partial charge in [-0.1, -0.05) is 34.5 Å². The van der Waals surface area contributed by atoms with Crippen LogP contribution in [0.15, 0.2) is 28.7 Å². The molecule has 0 bridgehead atoms.